The van der Waals surface area contributed by atoms with Gasteiger partial charge in [-0.1, -0.05) is 19.9 Å². The second kappa shape index (κ2) is 14.5. The molecule has 2 amide bonds. The molecule has 0 spiro atoms. The van der Waals surface area contributed by atoms with E-state index in [4.69, 9.17) is 14.2 Å². The summed E-state index contributed by atoms with van der Waals surface area (Å²) >= 11 is 1.59. The van der Waals surface area contributed by atoms with Crippen LogP contribution in [0.4, 0.5) is 11.6 Å². The number of aromatic nitrogens is 3. The number of amides is 2. The Balaban J connectivity index is 1.81. The van der Waals surface area contributed by atoms with Gasteiger partial charge in [0.05, 0.1) is 33.1 Å². The zero-order chi connectivity index (χ0) is 32.0. The fourth-order valence-electron chi connectivity index (χ4n) is 5.30. The van der Waals surface area contributed by atoms with Crippen molar-refractivity contribution in [1.29, 1.82) is 0 Å². The fourth-order valence-corrected chi connectivity index (χ4v) is 5.78. The highest BCUT2D eigenvalue weighted by Crippen LogP contribution is 2.50. The molecule has 44 heavy (non-hydrogen) atoms. The molecular weight excluding hydrogens is 584 g/mol. The SMILES string of the molecule is COc1cc2c(c(OC)c1OC)-c1ccc(NC(CCSC)C(=O)Nc3n[nH]c(C(C)C)n3)c(=O)cc1C(NC(C)=O)CC2. The molecule has 1 aromatic heterocycles. The molecule has 13 heteroatoms. The Morgan fingerprint density at radius 3 is 2.48 bits per heavy atom. The van der Waals surface area contributed by atoms with E-state index in [1.54, 1.807) is 32.0 Å². The largest absolute Gasteiger partial charge is 0.493 e. The summed E-state index contributed by atoms with van der Waals surface area (Å²) in [5.41, 5.74) is 2.91. The first-order valence-electron chi connectivity index (χ1n) is 14.4. The smallest absolute Gasteiger partial charge is 0.249 e. The van der Waals surface area contributed by atoms with Crippen LogP contribution in [0.3, 0.4) is 0 Å². The molecule has 0 fully saturated rings. The Kier molecular flexibility index (Phi) is 10.7. The first kappa shape index (κ1) is 32.6. The molecule has 3 aromatic rings. The quantitative estimate of drug-likeness (QED) is 0.229. The van der Waals surface area contributed by atoms with Gasteiger partial charge in [0, 0.05) is 18.4 Å². The van der Waals surface area contributed by atoms with Crippen LogP contribution in [0.15, 0.2) is 29.1 Å². The third kappa shape index (κ3) is 7.09. The summed E-state index contributed by atoms with van der Waals surface area (Å²) in [6.45, 7) is 5.39. The third-order valence-electron chi connectivity index (χ3n) is 7.46. The number of anilines is 2. The highest BCUT2D eigenvalue weighted by atomic mass is 32.2. The number of thioether (sulfide) groups is 1. The zero-order valence-electron chi connectivity index (χ0n) is 26.1. The first-order valence-corrected chi connectivity index (χ1v) is 15.8. The van der Waals surface area contributed by atoms with Gasteiger partial charge in [-0.15, -0.1) is 5.10 Å². The van der Waals surface area contributed by atoms with E-state index < -0.39 is 12.1 Å². The molecule has 2 atom stereocenters. The van der Waals surface area contributed by atoms with E-state index in [0.717, 1.165) is 11.1 Å². The molecule has 0 bridgehead atoms. The van der Waals surface area contributed by atoms with Crippen molar-refractivity contribution in [3.63, 3.8) is 0 Å². The average Bonchev–Trinajstić information content (AvgIpc) is 3.35. The first-order chi connectivity index (χ1) is 21.1. The minimum Gasteiger partial charge on any atom is -0.493 e. The molecule has 4 rings (SSSR count). The standard InChI is InChI=1S/C31H40N6O6S/c1-16(2)29-34-31(37-36-29)35-30(40)23(12-13-44-7)33-22-11-9-19-20(15-24(22)39)21(32-17(3)38)10-8-18-14-25(41-4)27(42-5)28(43-6)26(18)19/h9,11,14-16,21,23H,8,10,12-13H2,1-7H3,(H,32,38)(H,33,39)(H2,34,35,36,37,40). The number of fused-ring (bicyclic) bond motifs is 3. The Labute approximate surface area is 261 Å². The maximum atomic E-state index is 13.8. The van der Waals surface area contributed by atoms with E-state index in [2.05, 4.69) is 31.1 Å². The lowest BCUT2D eigenvalue weighted by Crippen LogP contribution is -2.36. The van der Waals surface area contributed by atoms with E-state index in [1.807, 2.05) is 32.2 Å². The summed E-state index contributed by atoms with van der Waals surface area (Å²) in [6.07, 6.45) is 3.53. The Bertz CT molecular complexity index is 1580. The highest BCUT2D eigenvalue weighted by molar-refractivity contribution is 7.98. The number of carbonyl (C=O) groups excluding carboxylic acids is 2. The number of aryl methyl sites for hydroxylation is 1. The van der Waals surface area contributed by atoms with E-state index >= 15 is 0 Å². The predicted octanol–water partition coefficient (Wildman–Crippen LogP) is 4.28. The van der Waals surface area contributed by atoms with Crippen LogP contribution < -0.4 is 35.6 Å². The molecule has 0 aliphatic heterocycles. The fraction of sp³-hybridized carbons (Fsp3) is 0.452. The van der Waals surface area contributed by atoms with Gasteiger partial charge >= 0.3 is 0 Å². The molecule has 0 saturated heterocycles. The van der Waals surface area contributed by atoms with Crippen LogP contribution in [0.5, 0.6) is 17.2 Å². The lowest BCUT2D eigenvalue weighted by Gasteiger charge is -2.19. The number of benzene rings is 1. The number of nitrogens with zero attached hydrogens (tertiary/aromatic N) is 2. The molecular formula is C31H40N6O6S. The van der Waals surface area contributed by atoms with Crippen LogP contribution in [0.2, 0.25) is 0 Å². The molecule has 0 saturated carbocycles. The van der Waals surface area contributed by atoms with Crippen LogP contribution in [0.25, 0.3) is 11.1 Å². The minimum atomic E-state index is -0.740. The van der Waals surface area contributed by atoms with Gasteiger partial charge in [0.2, 0.25) is 28.9 Å². The summed E-state index contributed by atoms with van der Waals surface area (Å²) in [6, 6.07) is 5.73. The molecule has 12 nitrogen and oxygen atoms in total. The van der Waals surface area contributed by atoms with Crippen LogP contribution in [-0.2, 0) is 16.0 Å². The van der Waals surface area contributed by atoms with E-state index in [9.17, 15) is 14.4 Å². The van der Waals surface area contributed by atoms with Gasteiger partial charge in [0.1, 0.15) is 11.9 Å². The second-order valence-electron chi connectivity index (χ2n) is 10.8. The van der Waals surface area contributed by atoms with Gasteiger partial charge in [-0.2, -0.15) is 16.7 Å². The van der Waals surface area contributed by atoms with Crippen molar-refractivity contribution in [3.05, 3.63) is 51.4 Å². The second-order valence-corrected chi connectivity index (χ2v) is 11.7. The molecule has 2 unspecified atom stereocenters. The van der Waals surface area contributed by atoms with E-state index in [1.165, 1.54) is 20.1 Å². The van der Waals surface area contributed by atoms with Gasteiger partial charge in [-0.3, -0.25) is 24.8 Å². The number of nitrogens with one attached hydrogen (secondary N) is 4. The van der Waals surface area contributed by atoms with Crippen molar-refractivity contribution < 1.29 is 23.8 Å². The lowest BCUT2D eigenvalue weighted by molar-refractivity contribution is -0.120. The van der Waals surface area contributed by atoms with Crippen LogP contribution >= 0.6 is 11.8 Å². The number of methoxy groups -OCH3 is 3. The van der Waals surface area contributed by atoms with Crippen molar-refractivity contribution in [2.45, 2.75) is 58.0 Å². The number of aromatic amines is 1. The minimum absolute atomic E-state index is 0.118. The van der Waals surface area contributed by atoms with Crippen molar-refractivity contribution in [2.24, 2.45) is 0 Å². The number of hydrogen-bond donors (Lipinski definition) is 4. The van der Waals surface area contributed by atoms with Crippen LogP contribution in [0.1, 0.15) is 62.5 Å². The van der Waals surface area contributed by atoms with Gasteiger partial charge in [-0.05, 0) is 66.2 Å². The monoisotopic (exact) mass is 624 g/mol. The normalized spacial score (nSPS) is 14.5. The summed E-state index contributed by atoms with van der Waals surface area (Å²) in [5.74, 6) is 2.46. The Morgan fingerprint density at radius 2 is 1.86 bits per heavy atom. The maximum Gasteiger partial charge on any atom is 0.249 e. The van der Waals surface area contributed by atoms with Crippen molar-refractivity contribution in [1.82, 2.24) is 20.5 Å². The lowest BCUT2D eigenvalue weighted by atomic mass is 9.95. The van der Waals surface area contributed by atoms with Gasteiger partial charge < -0.3 is 24.8 Å². The third-order valence-corrected chi connectivity index (χ3v) is 8.10. The molecule has 0 radical (unpaired) electrons. The number of H-pyrrole nitrogens is 1. The topological polar surface area (TPSA) is 157 Å². The summed E-state index contributed by atoms with van der Waals surface area (Å²) < 4.78 is 17.1. The van der Waals surface area contributed by atoms with Crippen LogP contribution in [0, 0.1) is 0 Å². The number of ether oxygens (including phenoxy) is 3. The van der Waals surface area contributed by atoms with E-state index in [-0.39, 0.29) is 34.8 Å². The van der Waals surface area contributed by atoms with Gasteiger partial charge in [0.15, 0.2) is 11.5 Å². The zero-order valence-corrected chi connectivity index (χ0v) is 26.9. The highest BCUT2D eigenvalue weighted by Gasteiger charge is 2.30. The predicted molar refractivity (Wildman–Crippen MR) is 172 cm³/mol. The molecule has 1 aliphatic rings. The van der Waals surface area contributed by atoms with Crippen molar-refractivity contribution in [3.8, 4) is 28.4 Å². The maximum absolute atomic E-state index is 13.8. The molecule has 236 valence electrons. The molecule has 2 aromatic carbocycles. The van der Waals surface area contributed by atoms with Gasteiger partial charge in [0.25, 0.3) is 0 Å². The molecule has 1 heterocycles. The Hall–Kier alpha value is -4.26. The van der Waals surface area contributed by atoms with Gasteiger partial charge in [-0.25, -0.2) is 0 Å². The molecule has 1 aliphatic carbocycles. The summed E-state index contributed by atoms with van der Waals surface area (Å²) in [4.78, 5) is 43.7. The Morgan fingerprint density at radius 1 is 1.11 bits per heavy atom. The van der Waals surface area contributed by atoms with Crippen LogP contribution in [-0.4, -0.2) is 66.4 Å². The van der Waals surface area contributed by atoms with Crippen molar-refractivity contribution in [2.75, 3.05) is 44.0 Å². The summed E-state index contributed by atoms with van der Waals surface area (Å²) in [5, 5.41) is 15.9. The van der Waals surface area contributed by atoms with E-state index in [0.29, 0.717) is 59.2 Å². The number of carbonyl (C=O) groups is 2. The average molecular weight is 625 g/mol. The number of hydrogen-bond acceptors (Lipinski definition) is 10. The summed E-state index contributed by atoms with van der Waals surface area (Å²) in [7, 11) is 4.65. The molecule has 4 N–H and O–H groups in total. The van der Waals surface area contributed by atoms with Crippen molar-refractivity contribution >= 4 is 35.2 Å². The number of rotatable bonds is 12.